The van der Waals surface area contributed by atoms with E-state index in [1.54, 1.807) is 25.1 Å². The molecule has 0 aliphatic carbocycles. The minimum Gasteiger partial charge on any atom is -0.451 e. The molecular weight excluding hydrogens is 326 g/mol. The van der Waals surface area contributed by atoms with Gasteiger partial charge in [0.15, 0.2) is 15.6 Å². The lowest BCUT2D eigenvalue weighted by Gasteiger charge is -2.06. The van der Waals surface area contributed by atoms with Crippen molar-refractivity contribution >= 4 is 32.4 Å². The third kappa shape index (κ3) is 2.92. The van der Waals surface area contributed by atoms with E-state index in [1.807, 2.05) is 25.1 Å². The van der Waals surface area contributed by atoms with Crippen LogP contribution in [-0.4, -0.2) is 20.1 Å². The maximum atomic E-state index is 12.5. The third-order valence-electron chi connectivity index (χ3n) is 3.88. The van der Waals surface area contributed by atoms with Gasteiger partial charge in [0.1, 0.15) is 5.58 Å². The lowest BCUT2D eigenvalue weighted by atomic mass is 10.1. The minimum absolute atomic E-state index is 0.00703. The summed E-state index contributed by atoms with van der Waals surface area (Å²) in [6.45, 7) is 3.40. The smallest absolute Gasteiger partial charge is 0.291 e. The third-order valence-corrected chi connectivity index (χ3v) is 5.61. The molecule has 24 heavy (non-hydrogen) atoms. The summed E-state index contributed by atoms with van der Waals surface area (Å²) in [6, 6.07) is 13.6. The van der Waals surface area contributed by atoms with E-state index < -0.39 is 15.7 Å². The molecule has 2 aromatic carbocycles. The van der Waals surface area contributed by atoms with E-state index in [0.29, 0.717) is 11.3 Å². The maximum Gasteiger partial charge on any atom is 0.291 e. The number of furan rings is 1. The zero-order valence-corrected chi connectivity index (χ0v) is 14.2. The van der Waals surface area contributed by atoms with Crippen LogP contribution < -0.4 is 5.32 Å². The molecule has 0 bridgehead atoms. The fraction of sp³-hybridized carbons (Fsp3) is 0.167. The largest absolute Gasteiger partial charge is 0.451 e. The Hall–Kier alpha value is -2.60. The highest BCUT2D eigenvalue weighted by molar-refractivity contribution is 7.91. The van der Waals surface area contributed by atoms with Crippen LogP contribution in [-0.2, 0) is 9.84 Å². The summed E-state index contributed by atoms with van der Waals surface area (Å²) in [6.07, 6.45) is 0. The van der Waals surface area contributed by atoms with Gasteiger partial charge in [0.25, 0.3) is 5.91 Å². The Bertz CT molecular complexity index is 1020. The molecule has 0 spiro atoms. The number of carbonyl (C=O) groups excluding carboxylic acids is 1. The topological polar surface area (TPSA) is 76.4 Å². The number of nitrogens with one attached hydrogen (secondary N) is 1. The van der Waals surface area contributed by atoms with Crippen molar-refractivity contribution in [3.8, 4) is 0 Å². The van der Waals surface area contributed by atoms with Crippen molar-refractivity contribution in [1.82, 2.24) is 0 Å². The fourth-order valence-electron chi connectivity index (χ4n) is 2.51. The van der Waals surface area contributed by atoms with Gasteiger partial charge in [-0.15, -0.1) is 0 Å². The quantitative estimate of drug-likeness (QED) is 0.782. The number of anilines is 1. The van der Waals surface area contributed by atoms with Crippen LogP contribution in [0, 0.1) is 6.92 Å². The second-order valence-electron chi connectivity index (χ2n) is 5.44. The molecule has 3 rings (SSSR count). The van der Waals surface area contributed by atoms with Gasteiger partial charge in [-0.2, -0.15) is 0 Å². The summed E-state index contributed by atoms with van der Waals surface area (Å²) >= 11 is 0. The summed E-state index contributed by atoms with van der Waals surface area (Å²) in [5.74, 6) is -0.178. The van der Waals surface area contributed by atoms with Crippen LogP contribution in [0.4, 0.5) is 5.69 Å². The number of amides is 1. The molecule has 0 aliphatic heterocycles. The SMILES string of the molecule is CCS(=O)(=O)c1cccc(NC(=O)c2oc3ccccc3c2C)c1. The van der Waals surface area contributed by atoms with Crippen molar-refractivity contribution < 1.29 is 17.6 Å². The van der Waals surface area contributed by atoms with Crippen molar-refractivity contribution in [2.75, 3.05) is 11.1 Å². The maximum absolute atomic E-state index is 12.5. The highest BCUT2D eigenvalue weighted by Crippen LogP contribution is 2.26. The number of rotatable bonds is 4. The summed E-state index contributed by atoms with van der Waals surface area (Å²) in [7, 11) is -3.32. The van der Waals surface area contributed by atoms with Gasteiger partial charge in [0.2, 0.25) is 0 Å². The first kappa shape index (κ1) is 16.3. The molecule has 1 aromatic heterocycles. The fourth-order valence-corrected chi connectivity index (χ4v) is 3.44. The highest BCUT2D eigenvalue weighted by Gasteiger charge is 2.18. The van der Waals surface area contributed by atoms with Crippen molar-refractivity contribution in [3.05, 3.63) is 59.9 Å². The predicted molar refractivity (Wildman–Crippen MR) is 93.1 cm³/mol. The Balaban J connectivity index is 1.92. The average Bonchev–Trinajstić information content (AvgIpc) is 2.92. The second-order valence-corrected chi connectivity index (χ2v) is 7.72. The average molecular weight is 343 g/mol. The molecule has 0 fully saturated rings. The van der Waals surface area contributed by atoms with E-state index >= 15 is 0 Å². The van der Waals surface area contributed by atoms with Gasteiger partial charge < -0.3 is 9.73 Å². The number of hydrogen-bond acceptors (Lipinski definition) is 4. The van der Waals surface area contributed by atoms with Crippen LogP contribution in [0.1, 0.15) is 23.0 Å². The monoisotopic (exact) mass is 343 g/mol. The predicted octanol–water partition coefficient (Wildman–Crippen LogP) is 3.79. The summed E-state index contributed by atoms with van der Waals surface area (Å²) < 4.78 is 29.5. The van der Waals surface area contributed by atoms with E-state index in [0.717, 1.165) is 10.9 Å². The van der Waals surface area contributed by atoms with Crippen LogP contribution >= 0.6 is 0 Å². The van der Waals surface area contributed by atoms with Gasteiger partial charge in [0.05, 0.1) is 10.6 Å². The van der Waals surface area contributed by atoms with Crippen LogP contribution in [0.3, 0.4) is 0 Å². The normalized spacial score (nSPS) is 11.6. The molecule has 0 saturated heterocycles. The molecule has 1 N–H and O–H groups in total. The lowest BCUT2D eigenvalue weighted by Crippen LogP contribution is -2.13. The number of carbonyl (C=O) groups is 1. The number of aryl methyl sites for hydroxylation is 1. The molecule has 0 aliphatic rings. The summed E-state index contributed by atoms with van der Waals surface area (Å²) in [4.78, 5) is 12.7. The Kier molecular flexibility index (Phi) is 4.15. The first-order chi connectivity index (χ1) is 11.4. The zero-order chi connectivity index (χ0) is 17.3. The van der Waals surface area contributed by atoms with Gasteiger partial charge in [-0.1, -0.05) is 31.2 Å². The Morgan fingerprint density at radius 1 is 1.12 bits per heavy atom. The number of sulfone groups is 1. The van der Waals surface area contributed by atoms with Gasteiger partial charge in [-0.3, -0.25) is 4.79 Å². The molecule has 0 unspecified atom stereocenters. The number of para-hydroxylation sites is 1. The molecule has 6 heteroatoms. The molecule has 1 amide bonds. The Labute approximate surface area is 140 Å². The van der Waals surface area contributed by atoms with E-state index in [9.17, 15) is 13.2 Å². The van der Waals surface area contributed by atoms with Gasteiger partial charge in [0, 0.05) is 16.6 Å². The molecule has 0 radical (unpaired) electrons. The summed E-state index contributed by atoms with van der Waals surface area (Å²) in [5, 5.41) is 3.58. The highest BCUT2D eigenvalue weighted by atomic mass is 32.2. The van der Waals surface area contributed by atoms with Gasteiger partial charge in [-0.25, -0.2) is 8.42 Å². The molecule has 0 saturated carbocycles. The first-order valence-corrected chi connectivity index (χ1v) is 9.20. The molecule has 124 valence electrons. The van der Waals surface area contributed by atoms with Crippen molar-refractivity contribution in [2.45, 2.75) is 18.7 Å². The number of benzene rings is 2. The summed E-state index contributed by atoms with van der Waals surface area (Å²) in [5.41, 5.74) is 1.80. The van der Waals surface area contributed by atoms with E-state index in [-0.39, 0.29) is 16.4 Å². The number of hydrogen-bond donors (Lipinski definition) is 1. The molecule has 3 aromatic rings. The molecule has 5 nitrogen and oxygen atoms in total. The van der Waals surface area contributed by atoms with Crippen molar-refractivity contribution in [3.63, 3.8) is 0 Å². The Morgan fingerprint density at radius 3 is 2.58 bits per heavy atom. The molecule has 0 atom stereocenters. The van der Waals surface area contributed by atoms with Crippen molar-refractivity contribution in [1.29, 1.82) is 0 Å². The van der Waals surface area contributed by atoms with Crippen molar-refractivity contribution in [2.24, 2.45) is 0 Å². The van der Waals surface area contributed by atoms with Crippen LogP contribution in [0.15, 0.2) is 57.8 Å². The van der Waals surface area contributed by atoms with Crippen LogP contribution in [0.2, 0.25) is 0 Å². The second kappa shape index (κ2) is 6.13. The van der Waals surface area contributed by atoms with Crippen LogP contribution in [0.25, 0.3) is 11.0 Å². The number of fused-ring (bicyclic) bond motifs is 1. The molecule has 1 heterocycles. The minimum atomic E-state index is -3.32. The van der Waals surface area contributed by atoms with Gasteiger partial charge in [-0.05, 0) is 31.2 Å². The van der Waals surface area contributed by atoms with Gasteiger partial charge >= 0.3 is 0 Å². The van der Waals surface area contributed by atoms with E-state index in [1.165, 1.54) is 12.1 Å². The lowest BCUT2D eigenvalue weighted by molar-refractivity contribution is 0.0998. The van der Waals surface area contributed by atoms with Crippen LogP contribution in [0.5, 0.6) is 0 Å². The van der Waals surface area contributed by atoms with E-state index in [4.69, 9.17) is 4.42 Å². The zero-order valence-electron chi connectivity index (χ0n) is 13.4. The molecular formula is C18H17NO4S. The standard InChI is InChI=1S/C18H17NO4S/c1-3-24(21,22)14-8-6-7-13(11-14)19-18(20)17-12(2)15-9-4-5-10-16(15)23-17/h4-11H,3H2,1-2H3,(H,19,20). The Morgan fingerprint density at radius 2 is 1.88 bits per heavy atom. The van der Waals surface area contributed by atoms with E-state index in [2.05, 4.69) is 5.32 Å². The first-order valence-electron chi connectivity index (χ1n) is 7.54.